The number of rotatable bonds is 4. The minimum absolute atomic E-state index is 0.0528. The van der Waals surface area contributed by atoms with Gasteiger partial charge in [0.1, 0.15) is 29.2 Å². The second-order valence-corrected chi connectivity index (χ2v) is 6.94. The van der Waals surface area contributed by atoms with Crippen LogP contribution in [-0.4, -0.2) is 53.1 Å². The van der Waals surface area contributed by atoms with Crippen molar-refractivity contribution in [3.05, 3.63) is 47.8 Å². The molecule has 138 valence electrons. The second-order valence-electron chi connectivity index (χ2n) is 6.94. The number of benzene rings is 1. The normalized spacial score (nSPS) is 21.1. The first-order valence-electron chi connectivity index (χ1n) is 9.16. The molecule has 2 aliphatic rings. The van der Waals surface area contributed by atoms with Crippen LogP contribution in [0, 0.1) is 5.82 Å². The van der Waals surface area contributed by atoms with Gasteiger partial charge in [0.25, 0.3) is 5.91 Å². The van der Waals surface area contributed by atoms with Gasteiger partial charge in [-0.25, -0.2) is 9.37 Å². The van der Waals surface area contributed by atoms with E-state index in [-0.39, 0.29) is 17.8 Å². The first kappa shape index (κ1) is 17.0. The van der Waals surface area contributed by atoms with Gasteiger partial charge in [-0.3, -0.25) is 4.79 Å². The van der Waals surface area contributed by atoms with Crippen LogP contribution in [0.15, 0.2) is 30.5 Å². The minimum atomic E-state index is -0.323. The van der Waals surface area contributed by atoms with Crippen LogP contribution in [0.25, 0.3) is 0 Å². The standard InChI is InChI=1S/C19H23FN4O2/c20-14-2-1-3-15(10-14)26-16-6-9-24(12-16)19(25)17-11-22-18(23-17)13-4-7-21-8-5-13/h1-3,10-11,13,16,21H,4-9,12H2,(H,22,23). The zero-order valence-electron chi connectivity index (χ0n) is 14.6. The van der Waals surface area contributed by atoms with E-state index in [2.05, 4.69) is 15.3 Å². The van der Waals surface area contributed by atoms with Gasteiger partial charge in [0.15, 0.2) is 0 Å². The Balaban J connectivity index is 1.36. The average molecular weight is 358 g/mol. The molecule has 26 heavy (non-hydrogen) atoms. The summed E-state index contributed by atoms with van der Waals surface area (Å²) in [7, 11) is 0. The van der Waals surface area contributed by atoms with E-state index >= 15 is 0 Å². The number of aromatic nitrogens is 2. The van der Waals surface area contributed by atoms with Crippen molar-refractivity contribution in [2.24, 2.45) is 0 Å². The Morgan fingerprint density at radius 1 is 1.27 bits per heavy atom. The highest BCUT2D eigenvalue weighted by atomic mass is 19.1. The minimum Gasteiger partial charge on any atom is -0.488 e. The van der Waals surface area contributed by atoms with E-state index in [1.807, 2.05) is 0 Å². The van der Waals surface area contributed by atoms with Crippen molar-refractivity contribution in [3.8, 4) is 5.75 Å². The first-order valence-corrected chi connectivity index (χ1v) is 9.16. The molecule has 0 bridgehead atoms. The third kappa shape index (κ3) is 3.72. The lowest BCUT2D eigenvalue weighted by molar-refractivity contribution is 0.0767. The Kier molecular flexibility index (Phi) is 4.88. The Bertz CT molecular complexity index is 772. The van der Waals surface area contributed by atoms with Gasteiger partial charge in [-0.15, -0.1) is 0 Å². The summed E-state index contributed by atoms with van der Waals surface area (Å²) in [6, 6.07) is 6.10. The summed E-state index contributed by atoms with van der Waals surface area (Å²) in [5.41, 5.74) is 0.532. The summed E-state index contributed by atoms with van der Waals surface area (Å²) in [5, 5.41) is 3.33. The summed E-state index contributed by atoms with van der Waals surface area (Å²) in [6.07, 6.45) is 4.33. The fraction of sp³-hybridized carbons (Fsp3) is 0.474. The van der Waals surface area contributed by atoms with Crippen LogP contribution in [0.2, 0.25) is 0 Å². The number of carbonyl (C=O) groups is 1. The third-order valence-corrected chi connectivity index (χ3v) is 5.08. The van der Waals surface area contributed by atoms with Gasteiger partial charge in [0.05, 0.1) is 12.7 Å². The zero-order valence-corrected chi connectivity index (χ0v) is 14.6. The maximum Gasteiger partial charge on any atom is 0.272 e. The van der Waals surface area contributed by atoms with Crippen LogP contribution >= 0.6 is 0 Å². The summed E-state index contributed by atoms with van der Waals surface area (Å²) in [6.45, 7) is 3.09. The van der Waals surface area contributed by atoms with Crippen molar-refractivity contribution >= 4 is 5.91 Å². The van der Waals surface area contributed by atoms with E-state index in [1.165, 1.54) is 12.1 Å². The number of H-pyrrole nitrogens is 1. The van der Waals surface area contributed by atoms with Gasteiger partial charge in [-0.2, -0.15) is 0 Å². The maximum absolute atomic E-state index is 13.3. The molecule has 0 radical (unpaired) electrons. The van der Waals surface area contributed by atoms with E-state index in [0.29, 0.717) is 30.5 Å². The van der Waals surface area contributed by atoms with Crippen LogP contribution in [0.3, 0.4) is 0 Å². The van der Waals surface area contributed by atoms with Gasteiger partial charge in [0, 0.05) is 24.9 Å². The maximum atomic E-state index is 13.3. The van der Waals surface area contributed by atoms with E-state index in [9.17, 15) is 9.18 Å². The topological polar surface area (TPSA) is 70.2 Å². The molecule has 2 aromatic rings. The first-order chi connectivity index (χ1) is 12.7. The summed E-state index contributed by atoms with van der Waals surface area (Å²) < 4.78 is 19.1. The van der Waals surface area contributed by atoms with Gasteiger partial charge in [0.2, 0.25) is 0 Å². The number of halogens is 1. The summed E-state index contributed by atoms with van der Waals surface area (Å²) in [5.74, 6) is 1.42. The molecule has 7 heteroatoms. The predicted octanol–water partition coefficient (Wildman–Crippen LogP) is 2.31. The highest BCUT2D eigenvalue weighted by Gasteiger charge is 2.30. The lowest BCUT2D eigenvalue weighted by Crippen LogP contribution is -2.31. The number of aromatic amines is 1. The molecule has 2 fully saturated rings. The third-order valence-electron chi connectivity index (χ3n) is 5.08. The highest BCUT2D eigenvalue weighted by molar-refractivity contribution is 5.92. The van der Waals surface area contributed by atoms with Gasteiger partial charge < -0.3 is 19.9 Å². The molecular formula is C19H23FN4O2. The quantitative estimate of drug-likeness (QED) is 0.880. The summed E-state index contributed by atoms with van der Waals surface area (Å²) >= 11 is 0. The number of piperidine rings is 1. The van der Waals surface area contributed by atoms with E-state index in [0.717, 1.165) is 38.2 Å². The molecule has 0 spiro atoms. The lowest BCUT2D eigenvalue weighted by atomic mass is 9.98. The SMILES string of the molecule is O=C(c1cnc(C2CCNCC2)[nH]1)N1CCC(Oc2cccc(F)c2)C1. The molecule has 2 saturated heterocycles. The molecule has 0 aliphatic carbocycles. The number of hydrogen-bond donors (Lipinski definition) is 2. The van der Waals surface area contributed by atoms with Crippen LogP contribution in [0.4, 0.5) is 4.39 Å². The van der Waals surface area contributed by atoms with Crippen LogP contribution < -0.4 is 10.1 Å². The Labute approximate surface area is 151 Å². The monoisotopic (exact) mass is 358 g/mol. The van der Waals surface area contributed by atoms with E-state index in [1.54, 1.807) is 23.2 Å². The fourth-order valence-corrected chi connectivity index (χ4v) is 3.66. The molecule has 2 N–H and O–H groups in total. The molecule has 4 rings (SSSR count). The molecule has 0 saturated carbocycles. The molecule has 2 aliphatic heterocycles. The molecule has 1 unspecified atom stereocenters. The van der Waals surface area contributed by atoms with Gasteiger partial charge >= 0.3 is 0 Å². The van der Waals surface area contributed by atoms with Crippen molar-refractivity contribution in [2.75, 3.05) is 26.2 Å². The number of amides is 1. The highest BCUT2D eigenvalue weighted by Crippen LogP contribution is 2.24. The fourth-order valence-electron chi connectivity index (χ4n) is 3.66. The largest absolute Gasteiger partial charge is 0.488 e. The van der Waals surface area contributed by atoms with Crippen LogP contribution in [0.5, 0.6) is 5.75 Å². The molecular weight excluding hydrogens is 335 g/mol. The van der Waals surface area contributed by atoms with E-state index in [4.69, 9.17) is 4.74 Å². The molecule has 6 nitrogen and oxygen atoms in total. The molecule has 1 amide bonds. The molecule has 1 aromatic carbocycles. The number of ether oxygens (including phenoxy) is 1. The van der Waals surface area contributed by atoms with Crippen LogP contribution in [-0.2, 0) is 0 Å². The molecule has 3 heterocycles. The Hall–Kier alpha value is -2.41. The number of carbonyl (C=O) groups excluding carboxylic acids is 1. The van der Waals surface area contributed by atoms with Gasteiger partial charge in [-0.05, 0) is 38.1 Å². The zero-order chi connectivity index (χ0) is 17.9. The molecule has 1 aromatic heterocycles. The van der Waals surface area contributed by atoms with Gasteiger partial charge in [-0.1, -0.05) is 6.07 Å². The Morgan fingerprint density at radius 3 is 2.92 bits per heavy atom. The predicted molar refractivity (Wildman–Crippen MR) is 94.8 cm³/mol. The second kappa shape index (κ2) is 7.45. The van der Waals surface area contributed by atoms with Crippen molar-refractivity contribution in [1.82, 2.24) is 20.2 Å². The number of hydrogen-bond acceptors (Lipinski definition) is 4. The van der Waals surface area contributed by atoms with Crippen molar-refractivity contribution in [3.63, 3.8) is 0 Å². The number of imidazole rings is 1. The van der Waals surface area contributed by atoms with Crippen molar-refractivity contribution < 1.29 is 13.9 Å². The number of nitrogens with one attached hydrogen (secondary N) is 2. The lowest BCUT2D eigenvalue weighted by Gasteiger charge is -2.20. The number of nitrogens with zero attached hydrogens (tertiary/aromatic N) is 2. The van der Waals surface area contributed by atoms with E-state index < -0.39 is 0 Å². The van der Waals surface area contributed by atoms with Crippen molar-refractivity contribution in [1.29, 1.82) is 0 Å². The number of likely N-dealkylation sites (tertiary alicyclic amines) is 1. The summed E-state index contributed by atoms with van der Waals surface area (Å²) in [4.78, 5) is 22.1. The Morgan fingerprint density at radius 2 is 2.12 bits per heavy atom. The van der Waals surface area contributed by atoms with Crippen LogP contribution in [0.1, 0.15) is 41.5 Å². The average Bonchev–Trinajstić information content (AvgIpc) is 3.32. The smallest absolute Gasteiger partial charge is 0.272 e. The van der Waals surface area contributed by atoms with Crippen molar-refractivity contribution in [2.45, 2.75) is 31.3 Å². The molecule has 1 atom stereocenters.